The fourth-order valence-corrected chi connectivity index (χ4v) is 17.3. The number of benzene rings is 2. The average Bonchev–Trinajstić information content (AvgIpc) is 3.66. The summed E-state index contributed by atoms with van der Waals surface area (Å²) in [6.07, 6.45) is 2.94. The summed E-state index contributed by atoms with van der Waals surface area (Å²) in [6.45, 7) is 0. The number of azo groups is 2. The van der Waals surface area contributed by atoms with Gasteiger partial charge in [0, 0.05) is 33.5 Å². The Morgan fingerprint density at radius 1 is 0.559 bits per heavy atom. The molecule has 18 rings (SSSR count). The van der Waals surface area contributed by atoms with Gasteiger partial charge in [0.2, 0.25) is 0 Å². The van der Waals surface area contributed by atoms with Crippen LogP contribution in [0, 0.1) is 69.0 Å². The Balaban J connectivity index is 1.33. The summed E-state index contributed by atoms with van der Waals surface area (Å²) >= 11 is 0. The number of hydrogen-bond donors (Lipinski definition) is 0. The minimum Gasteiger partial charge on any atom is -0.189 e. The van der Waals surface area contributed by atoms with Crippen LogP contribution >= 0.6 is 0 Å². The fraction of sp³-hybridized carbons (Fsp3) is 0.600. The maximum Gasteiger partial charge on any atom is 0.119 e. The van der Waals surface area contributed by atoms with Crippen LogP contribution in [-0.2, 0) is 11.1 Å². The molecule has 12 aliphatic carbocycles. The van der Waals surface area contributed by atoms with Gasteiger partial charge in [-0.05, 0) is 59.5 Å². The highest BCUT2D eigenvalue weighted by molar-refractivity contribution is 5.72. The van der Waals surface area contributed by atoms with Gasteiger partial charge in [-0.2, -0.15) is 20.5 Å². The highest BCUT2D eigenvalue weighted by Gasteiger charge is 3.23. The van der Waals surface area contributed by atoms with Crippen molar-refractivity contribution in [2.24, 2.45) is 89.5 Å². The van der Waals surface area contributed by atoms with Gasteiger partial charge >= 0.3 is 0 Å². The third kappa shape index (κ3) is 0.753. The third-order valence-corrected chi connectivity index (χ3v) is 15.5. The van der Waals surface area contributed by atoms with Crippen molar-refractivity contribution >= 4 is 0 Å². The zero-order chi connectivity index (χ0) is 21.2. The van der Waals surface area contributed by atoms with Crippen LogP contribution in [0.25, 0.3) is 0 Å². The molecular formula is C30H24N4. The summed E-state index contributed by atoms with van der Waals surface area (Å²) in [5.41, 5.74) is 3.93. The molecule has 4 nitrogen and oxygen atoms in total. The molecule has 2 aromatic rings. The normalized spacial score (nSPS) is 72.4. The lowest BCUT2D eigenvalue weighted by Gasteiger charge is -2.81. The molecule has 4 aliphatic heterocycles. The van der Waals surface area contributed by atoms with E-state index in [0.29, 0.717) is 34.7 Å². The maximum absolute atomic E-state index is 5.69. The molecule has 34 heavy (non-hydrogen) atoms. The van der Waals surface area contributed by atoms with E-state index in [1.54, 1.807) is 0 Å². The smallest absolute Gasteiger partial charge is 0.119 e. The van der Waals surface area contributed by atoms with Crippen LogP contribution in [0.3, 0.4) is 0 Å². The zero-order valence-electron chi connectivity index (χ0n) is 18.8. The Morgan fingerprint density at radius 3 is 1.47 bits per heavy atom. The summed E-state index contributed by atoms with van der Waals surface area (Å²) in [4.78, 5) is 0. The average molecular weight is 441 g/mol. The van der Waals surface area contributed by atoms with E-state index in [4.69, 9.17) is 20.5 Å². The summed E-state index contributed by atoms with van der Waals surface area (Å²) < 4.78 is 0. The quantitative estimate of drug-likeness (QED) is 0.615. The fourth-order valence-electron chi connectivity index (χ4n) is 17.3. The van der Waals surface area contributed by atoms with Crippen LogP contribution in [0.15, 0.2) is 81.1 Å². The van der Waals surface area contributed by atoms with Crippen molar-refractivity contribution in [3.05, 3.63) is 71.8 Å². The molecule has 12 saturated carbocycles. The standard InChI is InChI=1S/C30H24N4/c1-3-7-13(8-4-1)27-21-22-24-26-16-11-15-19-17-12-18(20(16)19)30(26,29(17,27)25(15,26)23(21)31-32-24)28(22,34-33-27)14-9-5-2-6-10-14/h1-10,15-24H,11-12H2. The predicted octanol–water partition coefficient (Wildman–Crippen LogP) is 5.22. The van der Waals surface area contributed by atoms with Crippen LogP contribution in [0.5, 0.6) is 0 Å². The molecule has 0 aromatic heterocycles. The number of nitrogens with zero attached hydrogens (tertiary/aromatic N) is 4. The highest BCUT2D eigenvalue weighted by Crippen LogP contribution is 3.20. The molecule has 0 N–H and O–H groups in total. The monoisotopic (exact) mass is 440 g/mol. The topological polar surface area (TPSA) is 49.4 Å². The van der Waals surface area contributed by atoms with Gasteiger partial charge in [-0.15, -0.1) is 0 Å². The van der Waals surface area contributed by atoms with Gasteiger partial charge in [0.1, 0.15) is 11.1 Å². The van der Waals surface area contributed by atoms with Gasteiger partial charge in [0.15, 0.2) is 0 Å². The second kappa shape index (κ2) is 3.67. The van der Waals surface area contributed by atoms with Crippen molar-refractivity contribution in [2.75, 3.05) is 0 Å². The Bertz CT molecular complexity index is 1420. The zero-order valence-corrected chi connectivity index (χ0v) is 18.8. The molecule has 4 heterocycles. The summed E-state index contributed by atoms with van der Waals surface area (Å²) in [5, 5.41) is 22.1. The second-order valence-electron chi connectivity index (χ2n) is 14.0. The Kier molecular flexibility index (Phi) is 1.68. The lowest BCUT2D eigenvalue weighted by molar-refractivity contribution is -0.354. The van der Waals surface area contributed by atoms with E-state index in [0.717, 1.165) is 35.5 Å². The van der Waals surface area contributed by atoms with Gasteiger partial charge in [0.05, 0.1) is 12.1 Å². The minimum absolute atomic E-state index is 0.158. The van der Waals surface area contributed by atoms with Crippen LogP contribution in [-0.4, -0.2) is 12.1 Å². The lowest BCUT2D eigenvalue weighted by Crippen LogP contribution is -2.84. The molecule has 16 bridgehead atoms. The van der Waals surface area contributed by atoms with E-state index < -0.39 is 0 Å². The molecule has 0 amide bonds. The van der Waals surface area contributed by atoms with Crippen LogP contribution < -0.4 is 0 Å². The first-order valence-electron chi connectivity index (χ1n) is 13.8. The number of rotatable bonds is 2. The SMILES string of the molecule is c1ccc(C23N=NC4(c5ccccc5)C5C2C2N=NC5C56C7CC8C9C7C7CC9C3(C825)C746)cc1. The highest BCUT2D eigenvalue weighted by atomic mass is 15.5. The van der Waals surface area contributed by atoms with Gasteiger partial charge in [0.25, 0.3) is 0 Å². The third-order valence-electron chi connectivity index (χ3n) is 15.5. The molecule has 16 aliphatic rings. The summed E-state index contributed by atoms with van der Waals surface area (Å²) in [5.74, 6) is 6.36. The van der Waals surface area contributed by atoms with Crippen molar-refractivity contribution < 1.29 is 0 Å². The van der Waals surface area contributed by atoms with E-state index in [9.17, 15) is 0 Å². The molecule has 164 valence electrons. The van der Waals surface area contributed by atoms with E-state index in [2.05, 4.69) is 60.7 Å². The molecule has 2 aromatic carbocycles. The predicted molar refractivity (Wildman–Crippen MR) is 120 cm³/mol. The van der Waals surface area contributed by atoms with Crippen LogP contribution in [0.4, 0.5) is 0 Å². The van der Waals surface area contributed by atoms with Gasteiger partial charge in [-0.1, -0.05) is 60.7 Å². The van der Waals surface area contributed by atoms with E-state index in [1.165, 1.54) is 24.0 Å². The van der Waals surface area contributed by atoms with Crippen molar-refractivity contribution in [1.29, 1.82) is 0 Å². The van der Waals surface area contributed by atoms with Crippen molar-refractivity contribution in [3.63, 3.8) is 0 Å². The first-order chi connectivity index (χ1) is 16.8. The maximum atomic E-state index is 5.69. The molecule has 4 spiro atoms. The number of hydrogen-bond acceptors (Lipinski definition) is 4. The largest absolute Gasteiger partial charge is 0.189 e. The Labute approximate surface area is 197 Å². The van der Waals surface area contributed by atoms with Crippen molar-refractivity contribution in [2.45, 2.75) is 36.0 Å². The summed E-state index contributed by atoms with van der Waals surface area (Å²) in [7, 11) is 0. The van der Waals surface area contributed by atoms with Gasteiger partial charge in [-0.3, -0.25) is 0 Å². The Hall–Kier alpha value is -2.36. The Morgan fingerprint density at radius 2 is 1.00 bits per heavy atom. The van der Waals surface area contributed by atoms with Gasteiger partial charge in [-0.25, -0.2) is 0 Å². The van der Waals surface area contributed by atoms with E-state index in [-0.39, 0.29) is 21.9 Å². The van der Waals surface area contributed by atoms with Gasteiger partial charge < -0.3 is 0 Å². The molecule has 0 radical (unpaired) electrons. The van der Waals surface area contributed by atoms with Crippen LogP contribution in [0.1, 0.15) is 24.0 Å². The lowest BCUT2D eigenvalue weighted by atomic mass is 9.21. The molecule has 16 atom stereocenters. The molecule has 0 saturated heterocycles. The molecule has 4 heteroatoms. The summed E-state index contributed by atoms with van der Waals surface area (Å²) in [6, 6.07) is 23.9. The van der Waals surface area contributed by atoms with Crippen molar-refractivity contribution in [1.82, 2.24) is 0 Å². The van der Waals surface area contributed by atoms with Crippen LogP contribution in [0.2, 0.25) is 0 Å². The first kappa shape index (κ1) is 15.6. The molecular weight excluding hydrogens is 416 g/mol. The molecule has 12 fully saturated rings. The minimum atomic E-state index is -0.158. The van der Waals surface area contributed by atoms with E-state index >= 15 is 0 Å². The first-order valence-corrected chi connectivity index (χ1v) is 13.8. The molecule has 16 unspecified atom stereocenters. The van der Waals surface area contributed by atoms with E-state index in [1.807, 2.05) is 0 Å². The van der Waals surface area contributed by atoms with Crippen molar-refractivity contribution in [3.8, 4) is 0 Å². The second-order valence-corrected chi connectivity index (χ2v) is 14.0.